The molecule has 5 atom stereocenters. The molecule has 9 heteroatoms. The molecule has 39 heavy (non-hydrogen) atoms. The van der Waals surface area contributed by atoms with E-state index in [1.807, 2.05) is 49.4 Å². The number of nitrogens with zero attached hydrogens (tertiary/aromatic N) is 1. The van der Waals surface area contributed by atoms with Gasteiger partial charge in [0.05, 0.1) is 12.7 Å². The molecule has 0 unspecified atom stereocenters. The minimum absolute atomic E-state index is 0.0811. The number of aliphatic hydroxyl groups excluding tert-OH is 3. The van der Waals surface area contributed by atoms with E-state index in [0.29, 0.717) is 34.9 Å². The quantitative estimate of drug-likeness (QED) is 0.328. The summed E-state index contributed by atoms with van der Waals surface area (Å²) >= 11 is 7.94. The van der Waals surface area contributed by atoms with Crippen LogP contribution in [0.5, 0.6) is 5.75 Å². The van der Waals surface area contributed by atoms with Gasteiger partial charge in [-0.15, -0.1) is 11.8 Å². The molecule has 0 bridgehead atoms. The number of hydrogen-bond acceptors (Lipinski definition) is 7. The van der Waals surface area contributed by atoms with Gasteiger partial charge in [-0.25, -0.2) is 0 Å². The van der Waals surface area contributed by atoms with Gasteiger partial charge in [-0.1, -0.05) is 35.9 Å². The van der Waals surface area contributed by atoms with Gasteiger partial charge in [-0.2, -0.15) is 0 Å². The molecule has 1 amide bonds. The summed E-state index contributed by atoms with van der Waals surface area (Å²) in [6, 6.07) is 20.4. The van der Waals surface area contributed by atoms with Gasteiger partial charge in [0.1, 0.15) is 30.2 Å². The number of thioether (sulfide) groups is 1. The molecule has 3 aromatic carbocycles. The molecule has 3 N–H and O–H groups in total. The van der Waals surface area contributed by atoms with Crippen LogP contribution < -0.4 is 4.74 Å². The Morgan fingerprint density at radius 2 is 1.67 bits per heavy atom. The second-order valence-electron chi connectivity index (χ2n) is 9.71. The smallest absolute Gasteiger partial charge is 0.253 e. The number of carbonyl (C=O) groups excluding carboxylic acids is 1. The van der Waals surface area contributed by atoms with E-state index in [1.54, 1.807) is 38.4 Å². The Labute approximate surface area is 238 Å². The Kier molecular flexibility index (Phi) is 9.93. The van der Waals surface area contributed by atoms with Crippen molar-refractivity contribution >= 4 is 29.3 Å². The van der Waals surface area contributed by atoms with Crippen LogP contribution in [0.25, 0.3) is 0 Å². The third-order valence-corrected chi connectivity index (χ3v) is 8.13. The number of aliphatic hydroxyl groups is 3. The van der Waals surface area contributed by atoms with Crippen LogP contribution >= 0.6 is 23.4 Å². The zero-order valence-corrected chi connectivity index (χ0v) is 23.7. The third kappa shape index (κ3) is 7.14. The van der Waals surface area contributed by atoms with E-state index in [-0.39, 0.29) is 5.91 Å². The zero-order chi connectivity index (χ0) is 28.1. The molecule has 4 rings (SSSR count). The number of hydrogen-bond donors (Lipinski definition) is 3. The fourth-order valence-electron chi connectivity index (χ4n) is 4.49. The van der Waals surface area contributed by atoms with Crippen LogP contribution in [-0.4, -0.2) is 77.0 Å². The van der Waals surface area contributed by atoms with Gasteiger partial charge in [0.15, 0.2) is 0 Å². The van der Waals surface area contributed by atoms with Crippen molar-refractivity contribution in [3.8, 4) is 5.75 Å². The molecular formula is C30H34ClNO6S. The largest absolute Gasteiger partial charge is 0.494 e. The molecule has 0 aromatic heterocycles. The zero-order valence-electron chi connectivity index (χ0n) is 22.2. The summed E-state index contributed by atoms with van der Waals surface area (Å²) < 4.78 is 11.7. The van der Waals surface area contributed by atoms with Crippen molar-refractivity contribution in [2.24, 2.45) is 0 Å². The average molecular weight is 572 g/mol. The van der Waals surface area contributed by atoms with E-state index in [4.69, 9.17) is 21.1 Å². The lowest BCUT2D eigenvalue weighted by molar-refractivity contribution is -0.218. The normalized spacial score (nSPS) is 22.9. The van der Waals surface area contributed by atoms with Crippen LogP contribution in [0, 0.1) is 0 Å². The van der Waals surface area contributed by atoms with E-state index in [1.165, 1.54) is 16.7 Å². The van der Waals surface area contributed by atoms with Crippen molar-refractivity contribution < 1.29 is 29.6 Å². The second kappa shape index (κ2) is 13.2. The first-order valence-electron chi connectivity index (χ1n) is 12.8. The molecule has 208 valence electrons. The highest BCUT2D eigenvalue weighted by atomic mass is 35.5. The molecular weight excluding hydrogens is 538 g/mol. The first-order valence-corrected chi connectivity index (χ1v) is 14.2. The van der Waals surface area contributed by atoms with Gasteiger partial charge in [-0.05, 0) is 72.5 Å². The number of benzene rings is 3. The van der Waals surface area contributed by atoms with Gasteiger partial charge >= 0.3 is 0 Å². The van der Waals surface area contributed by atoms with Crippen molar-refractivity contribution in [1.29, 1.82) is 0 Å². The summed E-state index contributed by atoms with van der Waals surface area (Å²) in [6.45, 7) is 2.54. The maximum absolute atomic E-state index is 12.1. The Balaban J connectivity index is 1.47. The average Bonchev–Trinajstić information content (AvgIpc) is 2.94. The Hall–Kier alpha value is -2.59. The summed E-state index contributed by atoms with van der Waals surface area (Å²) in [5, 5.41) is 32.7. The molecule has 1 saturated heterocycles. The molecule has 1 fully saturated rings. The van der Waals surface area contributed by atoms with Crippen molar-refractivity contribution in [2.45, 2.75) is 48.8 Å². The first kappa shape index (κ1) is 29.4. The molecule has 0 saturated carbocycles. The molecule has 0 radical (unpaired) electrons. The highest BCUT2D eigenvalue weighted by molar-refractivity contribution is 7.99. The summed E-state index contributed by atoms with van der Waals surface area (Å²) in [5.74, 6) is 1.06. The highest BCUT2D eigenvalue weighted by Gasteiger charge is 2.44. The van der Waals surface area contributed by atoms with Crippen molar-refractivity contribution in [1.82, 2.24) is 4.90 Å². The van der Waals surface area contributed by atoms with E-state index < -0.39 is 30.5 Å². The fraction of sp³-hybridized carbons (Fsp3) is 0.367. The van der Waals surface area contributed by atoms with Crippen LogP contribution in [0.15, 0.2) is 71.6 Å². The minimum atomic E-state index is -1.38. The van der Waals surface area contributed by atoms with Crippen molar-refractivity contribution in [2.75, 3.05) is 26.5 Å². The first-order chi connectivity index (χ1) is 18.7. The number of carbonyl (C=O) groups is 1. The van der Waals surface area contributed by atoms with E-state index in [2.05, 4.69) is 0 Å². The maximum Gasteiger partial charge on any atom is 0.253 e. The lowest BCUT2D eigenvalue weighted by Gasteiger charge is -2.41. The van der Waals surface area contributed by atoms with Crippen molar-refractivity contribution in [3.05, 3.63) is 94.0 Å². The summed E-state index contributed by atoms with van der Waals surface area (Å²) in [5.41, 5.74) is 3.15. The van der Waals surface area contributed by atoms with Crippen LogP contribution in [0.4, 0.5) is 0 Å². The number of amides is 1. The SMILES string of the molecule is CCOc1ccc(Cc2cc([C@@H]3O[C@H](CSc4ccc(C(=O)N(C)C)cc4)[C@@H](O)[C@H](O)[C@H]3O)ccc2Cl)cc1. The Morgan fingerprint density at radius 1 is 0.974 bits per heavy atom. The lowest BCUT2D eigenvalue weighted by Crippen LogP contribution is -2.54. The molecule has 1 heterocycles. The topological polar surface area (TPSA) is 99.5 Å². The lowest BCUT2D eigenvalue weighted by atomic mass is 9.90. The number of rotatable bonds is 9. The van der Waals surface area contributed by atoms with Gasteiger partial charge < -0.3 is 29.7 Å². The number of ether oxygens (including phenoxy) is 2. The summed E-state index contributed by atoms with van der Waals surface area (Å²) in [6.07, 6.45) is -4.94. The summed E-state index contributed by atoms with van der Waals surface area (Å²) in [7, 11) is 3.40. The Morgan fingerprint density at radius 3 is 2.31 bits per heavy atom. The third-order valence-electron chi connectivity index (χ3n) is 6.66. The van der Waals surface area contributed by atoms with Crippen molar-refractivity contribution in [3.63, 3.8) is 0 Å². The predicted molar refractivity (Wildman–Crippen MR) is 153 cm³/mol. The molecule has 0 aliphatic carbocycles. The molecule has 7 nitrogen and oxygen atoms in total. The van der Waals surface area contributed by atoms with Crippen LogP contribution in [-0.2, 0) is 11.2 Å². The number of halogens is 1. The van der Waals surface area contributed by atoms with E-state index in [0.717, 1.165) is 21.8 Å². The summed E-state index contributed by atoms with van der Waals surface area (Å²) in [4.78, 5) is 14.5. The van der Waals surface area contributed by atoms with Gasteiger partial charge in [0, 0.05) is 35.3 Å². The Bertz CT molecular complexity index is 1250. The molecule has 0 spiro atoms. The van der Waals surface area contributed by atoms with E-state index >= 15 is 0 Å². The highest BCUT2D eigenvalue weighted by Crippen LogP contribution is 2.36. The molecule has 1 aliphatic heterocycles. The minimum Gasteiger partial charge on any atom is -0.494 e. The standard InChI is InChI=1S/C30H34ClNO6S/c1-4-37-22-10-5-18(6-11-22)15-21-16-20(9-14-24(21)31)29-28(35)27(34)26(33)25(38-29)17-39-23-12-7-19(8-13-23)30(36)32(2)3/h5-14,16,25-29,33-35H,4,15,17H2,1-3H3/t25-,26-,27+,28-,29+/m1/s1. The monoisotopic (exact) mass is 571 g/mol. The van der Waals surface area contributed by atoms with Crippen LogP contribution in [0.1, 0.15) is 40.1 Å². The second-order valence-corrected chi connectivity index (χ2v) is 11.2. The predicted octanol–water partition coefficient (Wildman–Crippen LogP) is 4.35. The van der Waals surface area contributed by atoms with Gasteiger partial charge in [0.25, 0.3) is 5.91 Å². The van der Waals surface area contributed by atoms with Crippen LogP contribution in [0.2, 0.25) is 5.02 Å². The van der Waals surface area contributed by atoms with Gasteiger partial charge in [-0.3, -0.25) is 4.79 Å². The van der Waals surface area contributed by atoms with Crippen LogP contribution in [0.3, 0.4) is 0 Å². The van der Waals surface area contributed by atoms with E-state index in [9.17, 15) is 20.1 Å². The molecule has 1 aliphatic rings. The fourth-order valence-corrected chi connectivity index (χ4v) is 5.64. The van der Waals surface area contributed by atoms with Gasteiger partial charge in [0.2, 0.25) is 0 Å². The molecule has 3 aromatic rings. The maximum atomic E-state index is 12.1.